The monoisotopic (exact) mass is 474 g/mol. The van der Waals surface area contributed by atoms with Gasteiger partial charge in [-0.3, -0.25) is 9.59 Å². The summed E-state index contributed by atoms with van der Waals surface area (Å²) >= 11 is 12.5. The first-order chi connectivity index (χ1) is 15.2. The van der Waals surface area contributed by atoms with Crippen LogP contribution in [0.2, 0.25) is 10.0 Å². The molecule has 2 aromatic carbocycles. The number of carbonyl (C=O) groups is 4. The molecule has 2 heterocycles. The van der Waals surface area contributed by atoms with Gasteiger partial charge in [0.05, 0.1) is 16.5 Å². The number of esters is 4. The van der Waals surface area contributed by atoms with Crippen molar-refractivity contribution in [2.24, 2.45) is 0 Å². The van der Waals surface area contributed by atoms with Gasteiger partial charge in [0.2, 0.25) is 0 Å². The van der Waals surface area contributed by atoms with E-state index in [9.17, 15) is 19.2 Å². The fraction of sp³-hybridized carbons (Fsp3) is 0.0909. The van der Waals surface area contributed by atoms with Gasteiger partial charge < -0.3 is 18.9 Å². The number of fused-ring (bicyclic) bond motifs is 4. The van der Waals surface area contributed by atoms with E-state index in [1.54, 1.807) is 0 Å². The average molecular weight is 475 g/mol. The molecule has 0 saturated carbocycles. The smallest absolute Gasteiger partial charge is 0.335 e. The Hall–Kier alpha value is -3.62. The zero-order chi connectivity index (χ0) is 23.2. The van der Waals surface area contributed by atoms with Gasteiger partial charge in [0.15, 0.2) is 11.5 Å². The summed E-state index contributed by atoms with van der Waals surface area (Å²) in [6, 6.07) is 5.22. The van der Waals surface area contributed by atoms with Crippen LogP contribution < -0.4 is 18.9 Å². The summed E-state index contributed by atoms with van der Waals surface area (Å²) in [5, 5.41) is -0.0140. The minimum Gasteiger partial charge on any atom is -0.426 e. The van der Waals surface area contributed by atoms with Gasteiger partial charge in [-0.25, -0.2) is 9.59 Å². The number of ether oxygens (including phenoxy) is 4. The zero-order valence-corrected chi connectivity index (χ0v) is 17.6. The average Bonchev–Trinajstić information content (AvgIpc) is 3.00. The molecule has 4 rings (SSSR count). The minimum atomic E-state index is -1.62. The van der Waals surface area contributed by atoms with E-state index < -0.39 is 35.7 Å². The maximum atomic E-state index is 13.1. The topological polar surface area (TPSA) is 105 Å². The van der Waals surface area contributed by atoms with Gasteiger partial charge in [0, 0.05) is 35.4 Å². The van der Waals surface area contributed by atoms with Crippen LogP contribution in [-0.4, -0.2) is 23.9 Å². The highest BCUT2D eigenvalue weighted by atomic mass is 35.5. The lowest BCUT2D eigenvalue weighted by Crippen LogP contribution is -2.42. The lowest BCUT2D eigenvalue weighted by molar-refractivity contribution is -0.145. The SMILES string of the molecule is C=CC(=O)Oc1cc2c(cc1Cl)C1(CC(=O)O2)C(=O)Oc2cc(OC(=O)C=C)c(Cl)cc21. The molecule has 0 radical (unpaired) electrons. The van der Waals surface area contributed by atoms with Crippen LogP contribution in [0.1, 0.15) is 17.5 Å². The van der Waals surface area contributed by atoms with Crippen LogP contribution in [-0.2, 0) is 24.6 Å². The zero-order valence-electron chi connectivity index (χ0n) is 16.1. The molecular formula is C22H12Cl2O8. The number of hydrogen-bond donors (Lipinski definition) is 0. The molecule has 8 nitrogen and oxygen atoms in total. The van der Waals surface area contributed by atoms with E-state index >= 15 is 0 Å². The molecule has 0 aliphatic carbocycles. The molecule has 0 aromatic heterocycles. The van der Waals surface area contributed by atoms with E-state index in [2.05, 4.69) is 13.2 Å². The Morgan fingerprint density at radius 1 is 0.875 bits per heavy atom. The largest absolute Gasteiger partial charge is 0.426 e. The summed E-state index contributed by atoms with van der Waals surface area (Å²) in [5.41, 5.74) is -1.14. The predicted molar refractivity (Wildman–Crippen MR) is 111 cm³/mol. The summed E-state index contributed by atoms with van der Waals surface area (Å²) in [5.74, 6) is -3.18. The third kappa shape index (κ3) is 3.34. The highest BCUT2D eigenvalue weighted by molar-refractivity contribution is 6.33. The van der Waals surface area contributed by atoms with Crippen molar-refractivity contribution >= 4 is 47.1 Å². The fourth-order valence-corrected chi connectivity index (χ4v) is 3.96. The standard InChI is InChI=1S/C22H12Cl2O8/c1-3-18(25)30-16-7-14-10(5-12(16)23)22(9-20(27)29-14)11-6-13(24)17(31-19(26)4-2)8-15(11)32-21(22)28/h3-8H,1-2,9H2. The highest BCUT2D eigenvalue weighted by Gasteiger charge is 2.56. The van der Waals surface area contributed by atoms with Gasteiger partial charge >= 0.3 is 23.9 Å². The minimum absolute atomic E-state index is 0.000235. The molecule has 162 valence electrons. The Labute approximate surface area is 190 Å². The van der Waals surface area contributed by atoms with Crippen molar-refractivity contribution < 1.29 is 38.1 Å². The molecule has 10 heteroatoms. The van der Waals surface area contributed by atoms with Crippen molar-refractivity contribution in [3.8, 4) is 23.0 Å². The number of halogens is 2. The van der Waals surface area contributed by atoms with E-state index in [4.69, 9.17) is 42.1 Å². The molecule has 2 aromatic rings. The second kappa shape index (κ2) is 7.81. The summed E-state index contributed by atoms with van der Waals surface area (Å²) in [6.07, 6.45) is 1.49. The molecule has 1 spiro atoms. The molecule has 0 fully saturated rings. The molecule has 2 aliphatic heterocycles. The van der Waals surface area contributed by atoms with E-state index in [1.165, 1.54) is 24.3 Å². The van der Waals surface area contributed by atoms with Crippen LogP contribution in [0.4, 0.5) is 0 Å². The van der Waals surface area contributed by atoms with E-state index in [-0.39, 0.29) is 44.2 Å². The maximum Gasteiger partial charge on any atom is 0.335 e. The van der Waals surface area contributed by atoms with Gasteiger partial charge in [-0.05, 0) is 12.1 Å². The van der Waals surface area contributed by atoms with Gasteiger partial charge in [0.1, 0.15) is 16.9 Å². The van der Waals surface area contributed by atoms with Gasteiger partial charge in [-0.1, -0.05) is 36.4 Å². The lowest BCUT2D eigenvalue weighted by atomic mass is 9.71. The van der Waals surface area contributed by atoms with E-state index in [0.717, 1.165) is 12.2 Å². The van der Waals surface area contributed by atoms with Gasteiger partial charge in [-0.15, -0.1) is 0 Å². The molecule has 2 aliphatic rings. The molecule has 0 bridgehead atoms. The van der Waals surface area contributed by atoms with E-state index in [1.807, 2.05) is 0 Å². The first kappa shape index (κ1) is 21.6. The lowest BCUT2D eigenvalue weighted by Gasteiger charge is -2.32. The second-order valence-corrected chi connectivity index (χ2v) is 7.57. The Balaban J connectivity index is 1.89. The summed E-state index contributed by atoms with van der Waals surface area (Å²) < 4.78 is 20.8. The van der Waals surface area contributed by atoms with Crippen molar-refractivity contribution in [2.45, 2.75) is 11.8 Å². The molecule has 1 atom stereocenters. The molecule has 0 amide bonds. The quantitative estimate of drug-likeness (QED) is 0.375. The number of rotatable bonds is 4. The highest BCUT2D eigenvalue weighted by Crippen LogP contribution is 2.55. The molecule has 0 N–H and O–H groups in total. The Morgan fingerprint density at radius 3 is 1.81 bits per heavy atom. The number of carbonyl (C=O) groups excluding carboxylic acids is 4. The van der Waals surface area contributed by atoms with Crippen LogP contribution in [0.15, 0.2) is 49.6 Å². The predicted octanol–water partition coefficient (Wildman–Crippen LogP) is 3.69. The molecule has 0 saturated heterocycles. The van der Waals surface area contributed by atoms with Crippen LogP contribution in [0.25, 0.3) is 0 Å². The van der Waals surface area contributed by atoms with Crippen molar-refractivity contribution in [3.05, 3.63) is 70.7 Å². The Kier molecular flexibility index (Phi) is 5.28. The molecule has 32 heavy (non-hydrogen) atoms. The van der Waals surface area contributed by atoms with Crippen LogP contribution in [0, 0.1) is 0 Å². The Bertz CT molecular complexity index is 1250. The first-order valence-corrected chi connectivity index (χ1v) is 9.74. The van der Waals surface area contributed by atoms with Crippen molar-refractivity contribution in [2.75, 3.05) is 0 Å². The summed E-state index contributed by atoms with van der Waals surface area (Å²) in [6.45, 7) is 6.61. The Morgan fingerprint density at radius 2 is 1.34 bits per heavy atom. The summed E-state index contributed by atoms with van der Waals surface area (Å²) in [7, 11) is 0. The van der Waals surface area contributed by atoms with Crippen molar-refractivity contribution in [3.63, 3.8) is 0 Å². The second-order valence-electron chi connectivity index (χ2n) is 6.75. The van der Waals surface area contributed by atoms with Gasteiger partial charge in [0.25, 0.3) is 0 Å². The third-order valence-corrected chi connectivity index (χ3v) is 5.52. The summed E-state index contributed by atoms with van der Waals surface area (Å²) in [4.78, 5) is 48.7. The van der Waals surface area contributed by atoms with Gasteiger partial charge in [-0.2, -0.15) is 0 Å². The van der Waals surface area contributed by atoms with Crippen LogP contribution >= 0.6 is 23.2 Å². The maximum absolute atomic E-state index is 13.1. The fourth-order valence-electron chi connectivity index (χ4n) is 3.55. The molecular weight excluding hydrogens is 463 g/mol. The third-order valence-electron chi connectivity index (χ3n) is 4.93. The van der Waals surface area contributed by atoms with Crippen LogP contribution in [0.3, 0.4) is 0 Å². The van der Waals surface area contributed by atoms with E-state index in [0.29, 0.717) is 0 Å². The first-order valence-electron chi connectivity index (χ1n) is 8.99. The van der Waals surface area contributed by atoms with Crippen molar-refractivity contribution in [1.82, 2.24) is 0 Å². The van der Waals surface area contributed by atoms with Crippen LogP contribution in [0.5, 0.6) is 23.0 Å². The normalized spacial score (nSPS) is 18.2. The van der Waals surface area contributed by atoms with Crippen molar-refractivity contribution in [1.29, 1.82) is 0 Å². The molecule has 1 unspecified atom stereocenters. The number of hydrogen-bond acceptors (Lipinski definition) is 8. The number of benzene rings is 2.